The first-order chi connectivity index (χ1) is 9.02. The predicted octanol–water partition coefficient (Wildman–Crippen LogP) is 4.71. The molecule has 0 saturated carbocycles. The third-order valence-electron chi connectivity index (χ3n) is 3.26. The first-order valence-corrected chi connectivity index (χ1v) is 6.95. The van der Waals surface area contributed by atoms with Gasteiger partial charge in [0.1, 0.15) is 11.5 Å². The number of halogens is 2. The summed E-state index contributed by atoms with van der Waals surface area (Å²) >= 11 is 12.3. The summed E-state index contributed by atoms with van der Waals surface area (Å²) in [7, 11) is 1.94. The molecule has 2 rings (SSSR count). The van der Waals surface area contributed by atoms with Gasteiger partial charge >= 0.3 is 0 Å². The topological polar surface area (TPSA) is 25.2 Å². The van der Waals surface area contributed by atoms with Gasteiger partial charge in [0.2, 0.25) is 0 Å². The maximum absolute atomic E-state index is 6.24. The van der Waals surface area contributed by atoms with Crippen LogP contribution in [0.3, 0.4) is 0 Å². The van der Waals surface area contributed by atoms with E-state index in [-0.39, 0.29) is 6.04 Å². The van der Waals surface area contributed by atoms with Crippen molar-refractivity contribution in [3.05, 3.63) is 57.0 Å². The molecule has 0 aliphatic heterocycles. The molecule has 0 fully saturated rings. The summed E-state index contributed by atoms with van der Waals surface area (Å²) < 4.78 is 5.59. The number of benzene rings is 1. The predicted molar refractivity (Wildman–Crippen MR) is 80.1 cm³/mol. The van der Waals surface area contributed by atoms with Crippen molar-refractivity contribution in [1.29, 1.82) is 0 Å². The molecule has 2 aromatic rings. The van der Waals surface area contributed by atoms with Gasteiger partial charge in [-0.2, -0.15) is 0 Å². The van der Waals surface area contributed by atoms with Crippen molar-refractivity contribution in [2.45, 2.75) is 26.3 Å². The fourth-order valence-corrected chi connectivity index (χ4v) is 2.69. The standard InChI is InChI=1S/C15H17Cl2NO/c1-9-7-12(10(2)19-9)14(18-3)8-11-5-4-6-13(16)15(11)17/h4-7,14,18H,8H2,1-3H3. The molecule has 0 bridgehead atoms. The Morgan fingerprint density at radius 2 is 2.00 bits per heavy atom. The average Bonchev–Trinajstić information content (AvgIpc) is 2.70. The van der Waals surface area contributed by atoms with Crippen LogP contribution in [0.15, 0.2) is 28.7 Å². The molecule has 1 aromatic heterocycles. The second-order valence-corrected chi connectivity index (χ2v) is 5.41. The van der Waals surface area contributed by atoms with Crippen LogP contribution in [0.25, 0.3) is 0 Å². The fourth-order valence-electron chi connectivity index (χ4n) is 2.29. The molecule has 0 spiro atoms. The number of hydrogen-bond donors (Lipinski definition) is 1. The third kappa shape index (κ3) is 3.14. The average molecular weight is 298 g/mol. The highest BCUT2D eigenvalue weighted by atomic mass is 35.5. The second-order valence-electron chi connectivity index (χ2n) is 4.63. The molecule has 0 saturated heterocycles. The first-order valence-electron chi connectivity index (χ1n) is 6.20. The van der Waals surface area contributed by atoms with Crippen LogP contribution in [0, 0.1) is 13.8 Å². The van der Waals surface area contributed by atoms with Crippen LogP contribution in [0.5, 0.6) is 0 Å². The van der Waals surface area contributed by atoms with Crippen molar-refractivity contribution in [1.82, 2.24) is 5.32 Å². The lowest BCUT2D eigenvalue weighted by molar-refractivity contribution is 0.490. The summed E-state index contributed by atoms with van der Waals surface area (Å²) in [4.78, 5) is 0. The number of furan rings is 1. The molecule has 1 atom stereocenters. The summed E-state index contributed by atoms with van der Waals surface area (Å²) in [6, 6.07) is 7.95. The van der Waals surface area contributed by atoms with E-state index in [9.17, 15) is 0 Å². The zero-order valence-corrected chi connectivity index (χ0v) is 12.8. The summed E-state index contributed by atoms with van der Waals surface area (Å²) in [6.45, 7) is 3.93. The smallest absolute Gasteiger partial charge is 0.105 e. The van der Waals surface area contributed by atoms with Gasteiger partial charge in [-0.3, -0.25) is 0 Å². The van der Waals surface area contributed by atoms with Crippen LogP contribution < -0.4 is 5.32 Å². The molecule has 1 aromatic carbocycles. The first kappa shape index (κ1) is 14.4. The van der Waals surface area contributed by atoms with E-state index < -0.39 is 0 Å². The lowest BCUT2D eigenvalue weighted by atomic mass is 9.99. The molecule has 2 nitrogen and oxygen atoms in total. The molecule has 19 heavy (non-hydrogen) atoms. The van der Waals surface area contributed by atoms with Crippen molar-refractivity contribution in [2.75, 3.05) is 7.05 Å². The number of likely N-dealkylation sites (N-methyl/N-ethyl adjacent to an activating group) is 1. The molecular formula is C15H17Cl2NO. The molecule has 1 heterocycles. The van der Waals surface area contributed by atoms with Crippen LogP contribution in [0.2, 0.25) is 10.0 Å². The van der Waals surface area contributed by atoms with Crippen molar-refractivity contribution in [3.8, 4) is 0 Å². The van der Waals surface area contributed by atoms with E-state index in [4.69, 9.17) is 27.6 Å². The van der Waals surface area contributed by atoms with Crippen LogP contribution in [0.1, 0.15) is 28.7 Å². The Balaban J connectivity index is 2.29. The van der Waals surface area contributed by atoms with Gasteiger partial charge in [0.25, 0.3) is 0 Å². The summed E-state index contributed by atoms with van der Waals surface area (Å²) in [5, 5.41) is 4.52. The van der Waals surface area contributed by atoms with Gasteiger partial charge in [-0.25, -0.2) is 0 Å². The highest BCUT2D eigenvalue weighted by molar-refractivity contribution is 6.42. The van der Waals surface area contributed by atoms with E-state index in [1.807, 2.05) is 33.0 Å². The van der Waals surface area contributed by atoms with E-state index in [0.29, 0.717) is 10.0 Å². The van der Waals surface area contributed by atoms with E-state index in [0.717, 1.165) is 29.1 Å². The number of aryl methyl sites for hydroxylation is 2. The van der Waals surface area contributed by atoms with Crippen molar-refractivity contribution >= 4 is 23.2 Å². The zero-order chi connectivity index (χ0) is 14.0. The van der Waals surface area contributed by atoms with Crippen LogP contribution >= 0.6 is 23.2 Å². The lowest BCUT2D eigenvalue weighted by Crippen LogP contribution is -2.19. The Hall–Kier alpha value is -0.960. The van der Waals surface area contributed by atoms with E-state index in [1.54, 1.807) is 6.07 Å². The van der Waals surface area contributed by atoms with Crippen LogP contribution in [0.4, 0.5) is 0 Å². The minimum absolute atomic E-state index is 0.161. The Morgan fingerprint density at radius 1 is 1.26 bits per heavy atom. The number of nitrogens with one attached hydrogen (secondary N) is 1. The van der Waals surface area contributed by atoms with Gasteiger partial charge < -0.3 is 9.73 Å². The summed E-state index contributed by atoms with van der Waals surface area (Å²) in [6.07, 6.45) is 0.774. The van der Waals surface area contributed by atoms with Crippen molar-refractivity contribution < 1.29 is 4.42 Å². The van der Waals surface area contributed by atoms with E-state index in [1.165, 1.54) is 0 Å². The number of hydrogen-bond acceptors (Lipinski definition) is 2. The van der Waals surface area contributed by atoms with Gasteiger partial charge in [0, 0.05) is 11.6 Å². The monoisotopic (exact) mass is 297 g/mol. The van der Waals surface area contributed by atoms with E-state index in [2.05, 4.69) is 11.4 Å². The normalized spacial score (nSPS) is 12.7. The Kier molecular flexibility index (Phi) is 4.56. The summed E-state index contributed by atoms with van der Waals surface area (Å²) in [5.41, 5.74) is 2.20. The summed E-state index contributed by atoms with van der Waals surface area (Å²) in [5.74, 6) is 1.86. The quantitative estimate of drug-likeness (QED) is 0.884. The van der Waals surface area contributed by atoms with Gasteiger partial charge in [-0.15, -0.1) is 0 Å². The Bertz CT molecular complexity index is 578. The molecular weight excluding hydrogens is 281 g/mol. The third-order valence-corrected chi connectivity index (χ3v) is 4.12. The zero-order valence-electron chi connectivity index (χ0n) is 11.3. The van der Waals surface area contributed by atoms with E-state index >= 15 is 0 Å². The van der Waals surface area contributed by atoms with Crippen LogP contribution in [-0.2, 0) is 6.42 Å². The molecule has 0 aliphatic carbocycles. The van der Waals surface area contributed by atoms with Crippen molar-refractivity contribution in [3.63, 3.8) is 0 Å². The highest BCUT2D eigenvalue weighted by Crippen LogP contribution is 2.30. The highest BCUT2D eigenvalue weighted by Gasteiger charge is 2.17. The molecule has 0 aliphatic rings. The molecule has 4 heteroatoms. The molecule has 1 N–H and O–H groups in total. The van der Waals surface area contributed by atoms with Gasteiger partial charge in [0.05, 0.1) is 10.0 Å². The minimum atomic E-state index is 0.161. The minimum Gasteiger partial charge on any atom is -0.466 e. The maximum atomic E-state index is 6.24. The second kappa shape index (κ2) is 6.00. The Morgan fingerprint density at radius 3 is 2.58 bits per heavy atom. The number of rotatable bonds is 4. The molecule has 102 valence electrons. The Labute approximate surface area is 123 Å². The molecule has 1 unspecified atom stereocenters. The SMILES string of the molecule is CNC(Cc1cccc(Cl)c1Cl)c1cc(C)oc1C. The largest absolute Gasteiger partial charge is 0.466 e. The lowest BCUT2D eigenvalue weighted by Gasteiger charge is -2.17. The van der Waals surface area contributed by atoms with Crippen LogP contribution in [-0.4, -0.2) is 7.05 Å². The van der Waals surface area contributed by atoms with Gasteiger partial charge in [-0.1, -0.05) is 35.3 Å². The van der Waals surface area contributed by atoms with Crippen molar-refractivity contribution in [2.24, 2.45) is 0 Å². The molecule has 0 amide bonds. The van der Waals surface area contributed by atoms with Gasteiger partial charge in [0.15, 0.2) is 0 Å². The van der Waals surface area contributed by atoms with Gasteiger partial charge in [-0.05, 0) is 45.0 Å². The molecule has 0 radical (unpaired) electrons. The maximum Gasteiger partial charge on any atom is 0.105 e. The fraction of sp³-hybridized carbons (Fsp3) is 0.333.